The van der Waals surface area contributed by atoms with E-state index in [1.54, 1.807) is 84.9 Å². The van der Waals surface area contributed by atoms with Gasteiger partial charge < -0.3 is 18.6 Å². The Morgan fingerprint density at radius 3 is 1.17 bits per heavy atom. The topological polar surface area (TPSA) is 15.3 Å². The third-order valence-corrected chi connectivity index (χ3v) is 13.8. The molecule has 13 aromatic rings. The molecule has 0 unspecified atom stereocenters. The summed E-state index contributed by atoms with van der Waals surface area (Å²) in [5, 5.41) is 2.77. The van der Waals surface area contributed by atoms with E-state index >= 15 is 0 Å². The van der Waals surface area contributed by atoms with Crippen LogP contribution in [-0.4, -0.2) is 8.80 Å². The Kier molecular flexibility index (Phi) is 5.19. The molecule has 0 bridgehead atoms. The highest BCUT2D eigenvalue weighted by atomic mass is 15.2. The zero-order valence-electron chi connectivity index (χ0n) is 68.0. The number of para-hydroxylation sites is 4. The third-order valence-electron chi connectivity index (χ3n) is 13.8. The maximum atomic E-state index is 9.95. The molecule has 0 aliphatic carbocycles. The van der Waals surface area contributed by atoms with Crippen LogP contribution < -0.4 is 9.80 Å². The number of benzene rings is 9. The highest BCUT2D eigenvalue weighted by Gasteiger charge is 2.31. The highest BCUT2D eigenvalue weighted by molar-refractivity contribution is 6.32. The second-order valence-corrected chi connectivity index (χ2v) is 20.3. The molecule has 4 aromatic heterocycles. The van der Waals surface area contributed by atoms with Gasteiger partial charge in [-0.3, -0.25) is 0 Å². The van der Waals surface area contributed by atoms with E-state index in [9.17, 15) is 19.2 Å². The van der Waals surface area contributed by atoms with Crippen LogP contribution in [0.3, 0.4) is 0 Å². The maximum Gasteiger partial charge on any atom is 0.0645 e. The predicted molar refractivity (Wildman–Crippen MR) is 311 cm³/mol. The van der Waals surface area contributed by atoms with Gasteiger partial charge in [0.1, 0.15) is 0 Å². The lowest BCUT2D eigenvalue weighted by atomic mass is 9.85. The molecule has 0 aliphatic heterocycles. The number of nitrogens with zero attached hydrogens (tertiary/aromatic N) is 4. The first-order valence-corrected chi connectivity index (χ1v) is 23.5. The van der Waals surface area contributed by atoms with Crippen molar-refractivity contribution < 1.29 is 38.4 Å². The fourth-order valence-corrected chi connectivity index (χ4v) is 10.7. The normalized spacial score (nSPS) is 19.4. The van der Waals surface area contributed by atoms with Crippen LogP contribution in [0.15, 0.2) is 182 Å². The molecule has 0 spiro atoms. The largest absolute Gasteiger partial charge is 0.310 e. The molecule has 0 N–H and O–H groups in total. The first-order valence-electron chi connectivity index (χ1n) is 37.5. The minimum absolute atomic E-state index is 0.104. The van der Waals surface area contributed by atoms with Gasteiger partial charge in [0.2, 0.25) is 0 Å². The summed E-state index contributed by atoms with van der Waals surface area (Å²) in [5.41, 5.74) is -1.65. The lowest BCUT2D eigenvalue weighted by Gasteiger charge is -2.27. The van der Waals surface area contributed by atoms with E-state index in [1.807, 2.05) is 62.5 Å². The number of hydrogen-bond acceptors (Lipinski definition) is 2. The van der Waals surface area contributed by atoms with Crippen molar-refractivity contribution in [1.29, 1.82) is 0 Å². The SMILES string of the molecule is [2H]c1c([2H])c(C([2H])(C([2H])([2H])[2H])C([2H])([2H])[2H])c([2H])c([2H])c1N(c1ccccc1)c1ccc2c3cc4c(cc3n3c5c(C(C)(C)C)c([2H])c([2H])c([2H])c5c1c23)c1ccc(N(c2ccccc2)c2c([2H])c([2H])c(C([2H])(C([2H])([2H])[2H])C([2H])([2H])[2H])c([2H])c2[2H])c2c3c([2H])c([2H])c([2H])c(C(C)(C)C)c3n4c12. The molecule has 0 fully saturated rings. The molecule has 72 heavy (non-hydrogen) atoms. The Morgan fingerprint density at radius 1 is 0.417 bits per heavy atom. The summed E-state index contributed by atoms with van der Waals surface area (Å²) in [6, 6.07) is 16.5. The Labute approximate surface area is 462 Å². The van der Waals surface area contributed by atoms with Crippen molar-refractivity contribution in [3.63, 3.8) is 0 Å². The van der Waals surface area contributed by atoms with Crippen molar-refractivity contribution in [2.24, 2.45) is 0 Å². The van der Waals surface area contributed by atoms with Crippen LogP contribution in [0, 0.1) is 0 Å². The van der Waals surface area contributed by atoms with Crippen LogP contribution in [-0.2, 0) is 10.8 Å². The standard InChI is InChI=1S/C68H62N4/c1-41(2)43-27-31-47(32-28-43)69(45-19-13-11-14-20-45)57-37-35-49-53-39-60-54(40-59(53)71-63-51(61(57)65(49)71)23-17-25-55(63)67(5,6)7)50-36-38-58(62-52-24-18-26-56(68(8,9)10)64(52)72(60)66(50)62)70(46-21-15-12-16-22-46)48-33-29-44(30-34-48)42(3)4/h11-42H,1-10H3/i1D3,2D3,3D3,4D3,17D,18D,23D,24D,25D,26D,27D,28D,29D,30D,31D,32D,33D,34D,41D,42D. The average Bonchev–Trinajstić information content (AvgIpc) is 1.48. The summed E-state index contributed by atoms with van der Waals surface area (Å²) in [7, 11) is 0. The molecule has 13 rings (SSSR count). The summed E-state index contributed by atoms with van der Waals surface area (Å²) >= 11 is 0. The number of aromatic nitrogens is 2. The fraction of sp³-hybridized carbons (Fsp3) is 0.206. The van der Waals surface area contributed by atoms with Crippen molar-refractivity contribution in [3.8, 4) is 0 Å². The van der Waals surface area contributed by atoms with Crippen LogP contribution in [0.2, 0.25) is 0 Å². The van der Waals surface area contributed by atoms with Crippen molar-refractivity contribution >= 4 is 110 Å². The second kappa shape index (κ2) is 15.8. The van der Waals surface area contributed by atoms with Crippen LogP contribution >= 0.6 is 0 Å². The fourth-order valence-electron chi connectivity index (χ4n) is 10.7. The summed E-state index contributed by atoms with van der Waals surface area (Å²) in [4.78, 5) is 2.74. The van der Waals surface area contributed by atoms with Crippen LogP contribution in [0.25, 0.3) is 76.2 Å². The number of fused-ring (bicyclic) bond motifs is 12. The van der Waals surface area contributed by atoms with Gasteiger partial charge in [-0.2, -0.15) is 0 Å². The summed E-state index contributed by atoms with van der Waals surface area (Å²) in [5.74, 6) is -7.30. The second-order valence-electron chi connectivity index (χ2n) is 20.3. The van der Waals surface area contributed by atoms with E-state index in [0.29, 0.717) is 65.8 Å². The van der Waals surface area contributed by atoms with E-state index in [-0.39, 0.29) is 56.4 Å². The van der Waals surface area contributed by atoms with Gasteiger partial charge in [0.05, 0.1) is 63.7 Å². The lowest BCUT2D eigenvalue weighted by Crippen LogP contribution is -2.12. The molecule has 0 aliphatic rings. The minimum Gasteiger partial charge on any atom is -0.310 e. The molecule has 4 nitrogen and oxygen atoms in total. The molecular weight excluding hydrogens is 873 g/mol. The zero-order valence-corrected chi connectivity index (χ0v) is 40.0. The number of anilines is 6. The van der Waals surface area contributed by atoms with Crippen molar-refractivity contribution in [1.82, 2.24) is 8.80 Å². The van der Waals surface area contributed by atoms with E-state index in [1.165, 1.54) is 9.80 Å². The molecule has 354 valence electrons. The van der Waals surface area contributed by atoms with Crippen LogP contribution in [0.4, 0.5) is 34.1 Å². The number of rotatable bonds is 8. The molecule has 0 atom stereocenters. The summed E-state index contributed by atoms with van der Waals surface area (Å²) in [6.07, 6.45) is 0. The molecule has 0 amide bonds. The third kappa shape index (κ3) is 6.43. The Morgan fingerprint density at radius 2 is 0.806 bits per heavy atom. The molecule has 9 aromatic carbocycles. The average molecular weight is 963 g/mol. The Balaban J connectivity index is 1.21. The zero-order chi connectivity index (χ0) is 73.6. The van der Waals surface area contributed by atoms with Gasteiger partial charge in [-0.25, -0.2) is 0 Å². The molecule has 0 radical (unpaired) electrons. The first-order chi connectivity index (χ1) is 46.1. The molecule has 4 heteroatoms. The van der Waals surface area contributed by atoms with Gasteiger partial charge >= 0.3 is 0 Å². The van der Waals surface area contributed by atoms with Gasteiger partial charge in [0, 0.05) is 85.0 Å². The predicted octanol–water partition coefficient (Wildman–Crippen LogP) is 19.8. The molecule has 0 saturated carbocycles. The van der Waals surface area contributed by atoms with Gasteiger partial charge in [0.15, 0.2) is 0 Å². The Hall–Kier alpha value is -7.82. The number of hydrogen-bond donors (Lipinski definition) is 0. The van der Waals surface area contributed by atoms with Gasteiger partial charge in [-0.1, -0.05) is 178 Å². The molecule has 0 saturated heterocycles. The van der Waals surface area contributed by atoms with E-state index < -0.39 is 145 Å². The van der Waals surface area contributed by atoms with Crippen LogP contribution in [0.1, 0.15) is 141 Å². The molecule has 4 heterocycles. The van der Waals surface area contributed by atoms with Gasteiger partial charge in [-0.15, -0.1) is 0 Å². The van der Waals surface area contributed by atoms with E-state index in [4.69, 9.17) is 19.2 Å². The summed E-state index contributed by atoms with van der Waals surface area (Å²) < 4.78 is 256. The summed E-state index contributed by atoms with van der Waals surface area (Å²) in [6.45, 7) is -3.71. The van der Waals surface area contributed by atoms with E-state index in [2.05, 4.69) is 0 Å². The van der Waals surface area contributed by atoms with E-state index in [0.717, 1.165) is 0 Å². The van der Waals surface area contributed by atoms with Gasteiger partial charge in [0.25, 0.3) is 0 Å². The van der Waals surface area contributed by atoms with Crippen LogP contribution in [0.5, 0.6) is 0 Å². The van der Waals surface area contributed by atoms with Crippen molar-refractivity contribution in [3.05, 3.63) is 204 Å². The first kappa shape index (κ1) is 23.6. The maximum absolute atomic E-state index is 9.95. The Bertz CT molecular complexity index is 5220. The monoisotopic (exact) mass is 963 g/mol. The lowest BCUT2D eigenvalue weighted by molar-refractivity contribution is 0.594. The van der Waals surface area contributed by atoms with Crippen molar-refractivity contribution in [2.45, 2.75) is 91.6 Å². The molecular formula is C68H62N4. The highest BCUT2D eigenvalue weighted by Crippen LogP contribution is 2.53. The smallest absolute Gasteiger partial charge is 0.0645 e. The van der Waals surface area contributed by atoms with Gasteiger partial charge in [-0.05, 0) is 118 Å². The quantitative estimate of drug-likeness (QED) is 0.151. The minimum atomic E-state index is -3.70. The van der Waals surface area contributed by atoms with Crippen molar-refractivity contribution in [2.75, 3.05) is 9.80 Å².